The number of rotatable bonds is 6. The van der Waals surface area contributed by atoms with Gasteiger partial charge in [0.05, 0.1) is 22.5 Å². The van der Waals surface area contributed by atoms with Crippen LogP contribution in [-0.4, -0.2) is 54.9 Å². The van der Waals surface area contributed by atoms with Gasteiger partial charge in [0.15, 0.2) is 11.6 Å². The molecule has 0 radical (unpaired) electrons. The second-order valence-corrected chi connectivity index (χ2v) is 8.07. The van der Waals surface area contributed by atoms with Crippen LogP contribution in [0.25, 0.3) is 0 Å². The molecular formula is C22H23Cl2FN2O3. The van der Waals surface area contributed by atoms with Gasteiger partial charge in [-0.1, -0.05) is 35.3 Å². The van der Waals surface area contributed by atoms with Crippen molar-refractivity contribution < 1.29 is 18.7 Å². The molecule has 1 saturated heterocycles. The van der Waals surface area contributed by atoms with E-state index in [2.05, 4.69) is 0 Å². The molecule has 1 aliphatic heterocycles. The summed E-state index contributed by atoms with van der Waals surface area (Å²) in [7, 11) is 1.69. The SMILES string of the molecule is CN(CCOc1ccccc1F)C(=O)C1CCCN(C(=O)c2ccc(Cl)c(Cl)c2)C1. The highest BCUT2D eigenvalue weighted by Crippen LogP contribution is 2.25. The maximum absolute atomic E-state index is 13.6. The predicted octanol–water partition coefficient (Wildman–Crippen LogP) is 4.52. The number of nitrogens with zero attached hydrogens (tertiary/aromatic N) is 2. The Hall–Kier alpha value is -2.31. The molecule has 0 bridgehead atoms. The third kappa shape index (κ3) is 5.43. The molecule has 5 nitrogen and oxygen atoms in total. The first-order valence-corrected chi connectivity index (χ1v) is 10.5. The Balaban J connectivity index is 1.54. The van der Waals surface area contributed by atoms with Crippen LogP contribution in [0.3, 0.4) is 0 Å². The molecule has 3 rings (SSSR count). The van der Waals surface area contributed by atoms with Crippen LogP contribution in [-0.2, 0) is 4.79 Å². The van der Waals surface area contributed by atoms with Gasteiger partial charge in [-0.05, 0) is 43.2 Å². The third-order valence-corrected chi connectivity index (χ3v) is 5.86. The Morgan fingerprint density at radius 2 is 1.97 bits per heavy atom. The van der Waals surface area contributed by atoms with Crippen molar-refractivity contribution in [1.29, 1.82) is 0 Å². The average molecular weight is 453 g/mol. The van der Waals surface area contributed by atoms with E-state index in [-0.39, 0.29) is 30.1 Å². The van der Waals surface area contributed by atoms with E-state index in [1.54, 1.807) is 53.2 Å². The highest BCUT2D eigenvalue weighted by molar-refractivity contribution is 6.42. The maximum atomic E-state index is 13.6. The summed E-state index contributed by atoms with van der Waals surface area (Å²) in [4.78, 5) is 28.9. The minimum atomic E-state index is -0.435. The standard InChI is InChI=1S/C22H23Cl2FN2O3/c1-26(11-12-30-20-7-3-2-6-19(20)25)21(28)16-5-4-10-27(14-16)22(29)15-8-9-17(23)18(24)13-15/h2-3,6-9,13,16H,4-5,10-12,14H2,1H3. The number of amides is 2. The van der Waals surface area contributed by atoms with Crippen LogP contribution in [0.4, 0.5) is 4.39 Å². The Bertz CT molecular complexity index is 925. The zero-order valence-electron chi connectivity index (χ0n) is 16.6. The van der Waals surface area contributed by atoms with Crippen molar-refractivity contribution in [2.24, 2.45) is 5.92 Å². The molecule has 2 aromatic rings. The summed E-state index contributed by atoms with van der Waals surface area (Å²) in [5, 5.41) is 0.709. The second-order valence-electron chi connectivity index (χ2n) is 7.26. The molecule has 0 aliphatic carbocycles. The van der Waals surface area contributed by atoms with E-state index >= 15 is 0 Å². The van der Waals surface area contributed by atoms with Gasteiger partial charge in [-0.25, -0.2) is 4.39 Å². The zero-order chi connectivity index (χ0) is 21.7. The van der Waals surface area contributed by atoms with E-state index in [1.165, 1.54) is 6.07 Å². The number of likely N-dealkylation sites (N-methyl/N-ethyl adjacent to an activating group) is 1. The van der Waals surface area contributed by atoms with E-state index < -0.39 is 5.82 Å². The summed E-state index contributed by atoms with van der Waals surface area (Å²) < 4.78 is 19.0. The lowest BCUT2D eigenvalue weighted by atomic mass is 9.96. The van der Waals surface area contributed by atoms with Gasteiger partial charge in [0.2, 0.25) is 5.91 Å². The van der Waals surface area contributed by atoms with Gasteiger partial charge in [-0.3, -0.25) is 9.59 Å². The van der Waals surface area contributed by atoms with Gasteiger partial charge < -0.3 is 14.5 Å². The summed E-state index contributed by atoms with van der Waals surface area (Å²) in [5.74, 6) is -0.788. The lowest BCUT2D eigenvalue weighted by Gasteiger charge is -2.34. The number of carbonyl (C=O) groups excluding carboxylic acids is 2. The number of hydrogen-bond acceptors (Lipinski definition) is 3. The van der Waals surface area contributed by atoms with Crippen LogP contribution in [0, 0.1) is 11.7 Å². The van der Waals surface area contributed by atoms with E-state index in [9.17, 15) is 14.0 Å². The fraction of sp³-hybridized carbons (Fsp3) is 0.364. The zero-order valence-corrected chi connectivity index (χ0v) is 18.1. The quantitative estimate of drug-likeness (QED) is 0.646. The van der Waals surface area contributed by atoms with Crippen molar-refractivity contribution in [2.45, 2.75) is 12.8 Å². The van der Waals surface area contributed by atoms with Gasteiger partial charge in [-0.2, -0.15) is 0 Å². The van der Waals surface area contributed by atoms with Crippen LogP contribution in [0.5, 0.6) is 5.75 Å². The lowest BCUT2D eigenvalue weighted by molar-refractivity contribution is -0.135. The number of benzene rings is 2. The largest absolute Gasteiger partial charge is 0.489 e. The average Bonchev–Trinajstić information content (AvgIpc) is 2.76. The summed E-state index contributed by atoms with van der Waals surface area (Å²) in [6.45, 7) is 1.44. The van der Waals surface area contributed by atoms with Crippen LogP contribution in [0.2, 0.25) is 10.0 Å². The van der Waals surface area contributed by atoms with Gasteiger partial charge in [-0.15, -0.1) is 0 Å². The van der Waals surface area contributed by atoms with Crippen LogP contribution >= 0.6 is 23.2 Å². The molecule has 0 saturated carbocycles. The molecule has 160 valence electrons. The number of ether oxygens (including phenoxy) is 1. The minimum absolute atomic E-state index is 0.0567. The van der Waals surface area contributed by atoms with Crippen molar-refractivity contribution in [3.63, 3.8) is 0 Å². The van der Waals surface area contributed by atoms with Crippen LogP contribution in [0.1, 0.15) is 23.2 Å². The molecule has 1 unspecified atom stereocenters. The molecule has 1 aliphatic rings. The molecule has 0 N–H and O–H groups in total. The van der Waals surface area contributed by atoms with Crippen molar-refractivity contribution in [3.05, 3.63) is 63.9 Å². The first-order chi connectivity index (χ1) is 14.4. The number of halogens is 3. The molecule has 1 heterocycles. The first kappa shape index (κ1) is 22.4. The predicted molar refractivity (Wildman–Crippen MR) is 115 cm³/mol. The van der Waals surface area contributed by atoms with Gasteiger partial charge in [0.1, 0.15) is 6.61 Å². The molecule has 2 amide bonds. The molecule has 30 heavy (non-hydrogen) atoms. The third-order valence-electron chi connectivity index (χ3n) is 5.12. The van der Waals surface area contributed by atoms with Gasteiger partial charge >= 0.3 is 0 Å². The van der Waals surface area contributed by atoms with Crippen LogP contribution in [0.15, 0.2) is 42.5 Å². The number of carbonyl (C=O) groups is 2. The summed E-state index contributed by atoms with van der Waals surface area (Å²) in [5.41, 5.74) is 0.448. The Morgan fingerprint density at radius 3 is 2.70 bits per heavy atom. The second kappa shape index (κ2) is 10.1. The van der Waals surface area contributed by atoms with E-state index in [4.69, 9.17) is 27.9 Å². The molecule has 0 aromatic heterocycles. The van der Waals surface area contributed by atoms with Crippen molar-refractivity contribution >= 4 is 35.0 Å². The number of piperidine rings is 1. The maximum Gasteiger partial charge on any atom is 0.253 e. The molecule has 8 heteroatoms. The summed E-state index contributed by atoms with van der Waals surface area (Å²) in [6, 6.07) is 10.9. The highest BCUT2D eigenvalue weighted by atomic mass is 35.5. The molecular weight excluding hydrogens is 430 g/mol. The van der Waals surface area contributed by atoms with Crippen molar-refractivity contribution in [1.82, 2.24) is 9.80 Å². The van der Waals surface area contributed by atoms with E-state index in [0.29, 0.717) is 41.7 Å². The van der Waals surface area contributed by atoms with Crippen molar-refractivity contribution in [2.75, 3.05) is 33.3 Å². The summed E-state index contributed by atoms with van der Waals surface area (Å²) in [6.07, 6.45) is 1.45. The fourth-order valence-corrected chi connectivity index (χ4v) is 3.75. The van der Waals surface area contributed by atoms with Crippen molar-refractivity contribution in [3.8, 4) is 5.75 Å². The monoisotopic (exact) mass is 452 g/mol. The summed E-state index contributed by atoms with van der Waals surface area (Å²) >= 11 is 11.9. The lowest BCUT2D eigenvalue weighted by Crippen LogP contribution is -2.46. The van der Waals surface area contributed by atoms with Gasteiger partial charge in [0, 0.05) is 25.7 Å². The molecule has 0 spiro atoms. The number of likely N-dealkylation sites (tertiary alicyclic amines) is 1. The minimum Gasteiger partial charge on any atom is -0.489 e. The molecule has 2 aromatic carbocycles. The molecule has 1 atom stereocenters. The van der Waals surface area contributed by atoms with Crippen LogP contribution < -0.4 is 4.74 Å². The van der Waals surface area contributed by atoms with E-state index in [0.717, 1.165) is 6.42 Å². The smallest absolute Gasteiger partial charge is 0.253 e. The van der Waals surface area contributed by atoms with Gasteiger partial charge in [0.25, 0.3) is 5.91 Å². The fourth-order valence-electron chi connectivity index (χ4n) is 3.45. The normalized spacial score (nSPS) is 16.3. The number of para-hydroxylation sites is 1. The number of hydrogen-bond donors (Lipinski definition) is 0. The topological polar surface area (TPSA) is 49.9 Å². The Morgan fingerprint density at radius 1 is 1.20 bits per heavy atom. The highest BCUT2D eigenvalue weighted by Gasteiger charge is 2.30. The Kier molecular flexibility index (Phi) is 7.56. The Labute approximate surface area is 185 Å². The van der Waals surface area contributed by atoms with E-state index in [1.807, 2.05) is 0 Å². The molecule has 1 fully saturated rings. The first-order valence-electron chi connectivity index (χ1n) is 9.73.